The molecule has 1 aromatic heterocycles. The van der Waals surface area contributed by atoms with Gasteiger partial charge < -0.3 is 14.4 Å². The van der Waals surface area contributed by atoms with Crippen LogP contribution in [0.2, 0.25) is 0 Å². The highest BCUT2D eigenvalue weighted by Gasteiger charge is 2.33. The summed E-state index contributed by atoms with van der Waals surface area (Å²) in [5, 5.41) is 4.59. The highest BCUT2D eigenvalue weighted by Crippen LogP contribution is 2.27. The van der Waals surface area contributed by atoms with Crippen LogP contribution in [0.15, 0.2) is 60.7 Å². The Morgan fingerprint density at radius 2 is 1.53 bits per heavy atom. The molecule has 2 saturated heterocycles. The highest BCUT2D eigenvalue weighted by atomic mass is 16.7. The van der Waals surface area contributed by atoms with Crippen LogP contribution < -0.4 is 0 Å². The van der Waals surface area contributed by atoms with Gasteiger partial charge in [0.15, 0.2) is 12.1 Å². The molecule has 2 aliphatic rings. The highest BCUT2D eigenvalue weighted by molar-refractivity contribution is 5.91. The second kappa shape index (κ2) is 8.38. The third-order valence-electron chi connectivity index (χ3n) is 5.69. The van der Waals surface area contributed by atoms with Gasteiger partial charge in [0.25, 0.3) is 5.91 Å². The fourth-order valence-electron chi connectivity index (χ4n) is 4.09. The molecule has 154 valence electrons. The molecule has 0 atom stereocenters. The minimum absolute atomic E-state index is 0.123. The van der Waals surface area contributed by atoms with Crippen LogP contribution >= 0.6 is 0 Å². The van der Waals surface area contributed by atoms with Crippen LogP contribution in [0, 0.1) is 5.92 Å². The van der Waals surface area contributed by atoms with Crippen LogP contribution in [0.5, 0.6) is 0 Å². The number of piperidine rings is 1. The number of benzene rings is 2. The van der Waals surface area contributed by atoms with Crippen LogP contribution in [-0.4, -0.2) is 58.2 Å². The van der Waals surface area contributed by atoms with Gasteiger partial charge in [0.05, 0.1) is 18.9 Å². The van der Waals surface area contributed by atoms with Gasteiger partial charge in [0, 0.05) is 24.6 Å². The van der Waals surface area contributed by atoms with Crippen LogP contribution in [0.4, 0.5) is 0 Å². The molecular weight excluding hydrogens is 380 g/mol. The number of amides is 1. The van der Waals surface area contributed by atoms with Crippen molar-refractivity contribution >= 4 is 5.91 Å². The van der Waals surface area contributed by atoms with Gasteiger partial charge in [-0.3, -0.25) is 4.79 Å². The Morgan fingerprint density at radius 1 is 0.900 bits per heavy atom. The topological polar surface area (TPSA) is 69.5 Å². The van der Waals surface area contributed by atoms with Gasteiger partial charge in [0.1, 0.15) is 0 Å². The Hall–Kier alpha value is -3.03. The van der Waals surface area contributed by atoms with Gasteiger partial charge in [0.2, 0.25) is 5.82 Å². The maximum atomic E-state index is 13.2. The van der Waals surface area contributed by atoms with Crippen molar-refractivity contribution in [2.75, 3.05) is 26.3 Å². The number of ether oxygens (including phenoxy) is 2. The van der Waals surface area contributed by atoms with Crippen molar-refractivity contribution in [3.63, 3.8) is 0 Å². The molecule has 0 unspecified atom stereocenters. The summed E-state index contributed by atoms with van der Waals surface area (Å²) < 4.78 is 13.0. The Kier molecular flexibility index (Phi) is 5.29. The van der Waals surface area contributed by atoms with E-state index in [1.54, 1.807) is 4.68 Å². The molecule has 30 heavy (non-hydrogen) atoms. The van der Waals surface area contributed by atoms with Crippen LogP contribution in [0.3, 0.4) is 0 Å². The third kappa shape index (κ3) is 3.74. The van der Waals surface area contributed by atoms with E-state index in [1.165, 1.54) is 0 Å². The summed E-state index contributed by atoms with van der Waals surface area (Å²) in [6, 6.07) is 19.6. The van der Waals surface area contributed by atoms with Crippen molar-refractivity contribution in [1.29, 1.82) is 0 Å². The van der Waals surface area contributed by atoms with Crippen LogP contribution in [0.25, 0.3) is 17.1 Å². The Balaban J connectivity index is 1.39. The quantitative estimate of drug-likeness (QED) is 0.668. The number of carbonyl (C=O) groups excluding carboxylic acids is 1. The van der Waals surface area contributed by atoms with E-state index < -0.39 is 0 Å². The summed E-state index contributed by atoms with van der Waals surface area (Å²) in [7, 11) is 0. The molecule has 0 aliphatic carbocycles. The van der Waals surface area contributed by atoms with E-state index in [0.29, 0.717) is 38.0 Å². The first-order valence-electron chi connectivity index (χ1n) is 10.4. The predicted octanol–water partition coefficient (Wildman–Crippen LogP) is 3.16. The molecule has 0 saturated carbocycles. The molecule has 0 radical (unpaired) electrons. The average molecular weight is 404 g/mol. The van der Waals surface area contributed by atoms with Gasteiger partial charge >= 0.3 is 0 Å². The Labute approximate surface area is 175 Å². The fraction of sp³-hybridized carbons (Fsp3) is 0.348. The normalized spacial score (nSPS) is 18.1. The Morgan fingerprint density at radius 3 is 2.20 bits per heavy atom. The molecule has 2 fully saturated rings. The van der Waals surface area contributed by atoms with Crippen molar-refractivity contribution in [1.82, 2.24) is 19.7 Å². The molecule has 3 heterocycles. The number of para-hydroxylation sites is 1. The van der Waals surface area contributed by atoms with Gasteiger partial charge in [-0.15, -0.1) is 5.10 Å². The second-order valence-corrected chi connectivity index (χ2v) is 7.61. The van der Waals surface area contributed by atoms with E-state index >= 15 is 0 Å². The van der Waals surface area contributed by atoms with Crippen molar-refractivity contribution in [2.45, 2.75) is 19.1 Å². The minimum Gasteiger partial charge on any atom is -0.350 e. The lowest BCUT2D eigenvalue weighted by Gasteiger charge is -2.33. The zero-order chi connectivity index (χ0) is 20.3. The number of aromatic nitrogens is 3. The number of nitrogens with zero attached hydrogens (tertiary/aromatic N) is 4. The summed E-state index contributed by atoms with van der Waals surface area (Å²) >= 11 is 0. The van der Waals surface area contributed by atoms with E-state index in [1.807, 2.05) is 65.6 Å². The zero-order valence-electron chi connectivity index (χ0n) is 16.7. The summed E-state index contributed by atoms with van der Waals surface area (Å²) in [5.74, 6) is 1.09. The molecule has 0 N–H and O–H groups in total. The maximum absolute atomic E-state index is 13.2. The Bertz CT molecular complexity index is 935. The molecule has 5 rings (SSSR count). The number of hydrogen-bond donors (Lipinski definition) is 0. The first-order valence-corrected chi connectivity index (χ1v) is 10.4. The fourth-order valence-corrected chi connectivity index (χ4v) is 4.09. The van der Waals surface area contributed by atoms with E-state index in [0.717, 1.165) is 24.1 Å². The number of likely N-dealkylation sites (tertiary alicyclic amines) is 1. The van der Waals surface area contributed by atoms with Crippen LogP contribution in [0.1, 0.15) is 23.5 Å². The molecule has 2 aromatic carbocycles. The summed E-state index contributed by atoms with van der Waals surface area (Å²) in [5.41, 5.74) is 1.79. The van der Waals surface area contributed by atoms with E-state index in [2.05, 4.69) is 10.1 Å². The monoisotopic (exact) mass is 404 g/mol. The van der Waals surface area contributed by atoms with Crippen molar-refractivity contribution in [2.24, 2.45) is 5.92 Å². The summed E-state index contributed by atoms with van der Waals surface area (Å²) in [4.78, 5) is 19.7. The molecule has 0 bridgehead atoms. The van der Waals surface area contributed by atoms with Gasteiger partial charge in [-0.25, -0.2) is 9.67 Å². The van der Waals surface area contributed by atoms with Crippen LogP contribution in [-0.2, 0) is 9.47 Å². The molecular formula is C23H24N4O3. The van der Waals surface area contributed by atoms with Gasteiger partial charge in [-0.1, -0.05) is 48.5 Å². The number of rotatable bonds is 4. The first kappa shape index (κ1) is 19.0. The van der Waals surface area contributed by atoms with E-state index in [-0.39, 0.29) is 18.0 Å². The van der Waals surface area contributed by atoms with Gasteiger partial charge in [-0.2, -0.15) is 0 Å². The number of hydrogen-bond acceptors (Lipinski definition) is 5. The second-order valence-electron chi connectivity index (χ2n) is 7.61. The molecule has 0 spiro atoms. The van der Waals surface area contributed by atoms with Crippen molar-refractivity contribution in [3.8, 4) is 17.1 Å². The third-order valence-corrected chi connectivity index (χ3v) is 5.69. The molecule has 7 heteroatoms. The lowest BCUT2D eigenvalue weighted by molar-refractivity contribution is -0.0956. The smallest absolute Gasteiger partial charge is 0.293 e. The minimum atomic E-state index is -0.131. The van der Waals surface area contributed by atoms with Gasteiger partial charge in [-0.05, 0) is 25.0 Å². The van der Waals surface area contributed by atoms with E-state index in [9.17, 15) is 4.79 Å². The molecule has 1 amide bonds. The summed E-state index contributed by atoms with van der Waals surface area (Å²) in [6.45, 7) is 2.64. The number of carbonyl (C=O) groups is 1. The van der Waals surface area contributed by atoms with E-state index in [4.69, 9.17) is 9.47 Å². The first-order chi connectivity index (χ1) is 14.8. The molecule has 2 aliphatic heterocycles. The molecule has 3 aromatic rings. The largest absolute Gasteiger partial charge is 0.350 e. The standard InChI is InChI=1S/C23H24N4O3/c28-22(26-13-11-18(12-14-26)23-29-15-16-30-23)20-24-21(17-7-3-1-4-8-17)27(25-20)19-9-5-2-6-10-19/h1-10,18,23H,11-16H2. The lowest BCUT2D eigenvalue weighted by Crippen LogP contribution is -2.41. The average Bonchev–Trinajstić information content (AvgIpc) is 3.51. The predicted molar refractivity (Wildman–Crippen MR) is 111 cm³/mol. The molecule has 7 nitrogen and oxygen atoms in total. The SMILES string of the molecule is O=C(c1nc(-c2ccccc2)n(-c2ccccc2)n1)N1CCC(C2OCCO2)CC1. The zero-order valence-corrected chi connectivity index (χ0v) is 16.7. The maximum Gasteiger partial charge on any atom is 0.293 e. The lowest BCUT2D eigenvalue weighted by atomic mass is 9.96. The summed E-state index contributed by atoms with van der Waals surface area (Å²) in [6.07, 6.45) is 1.60. The van der Waals surface area contributed by atoms with Crippen molar-refractivity contribution in [3.05, 3.63) is 66.5 Å². The van der Waals surface area contributed by atoms with Crippen molar-refractivity contribution < 1.29 is 14.3 Å².